The smallest absolute Gasteiger partial charge is 0.307 e. The molecule has 0 aliphatic heterocycles. The highest BCUT2D eigenvalue weighted by Gasteiger charge is 2.37. The molecule has 2 atom stereocenters. The van der Waals surface area contributed by atoms with E-state index in [9.17, 15) is 9.59 Å². The Morgan fingerprint density at radius 3 is 2.83 bits per heavy atom. The van der Waals surface area contributed by atoms with Crippen LogP contribution in [-0.4, -0.2) is 22.1 Å². The van der Waals surface area contributed by atoms with Gasteiger partial charge in [-0.25, -0.2) is 0 Å². The Labute approximate surface area is 104 Å². The van der Waals surface area contributed by atoms with Gasteiger partial charge in [0.25, 0.3) is 0 Å². The van der Waals surface area contributed by atoms with Crippen LogP contribution in [0.2, 0.25) is 0 Å². The average Bonchev–Trinajstić information content (AvgIpc) is 2.94. The van der Waals surface area contributed by atoms with Crippen LogP contribution in [0.4, 0.5) is 0 Å². The van der Waals surface area contributed by atoms with Crippen LogP contribution in [0.25, 0.3) is 0 Å². The van der Waals surface area contributed by atoms with Crippen LogP contribution >= 0.6 is 0 Å². The lowest BCUT2D eigenvalue weighted by Crippen LogP contribution is -2.34. The topological polar surface area (TPSA) is 92.4 Å². The molecule has 1 fully saturated rings. The Morgan fingerprint density at radius 2 is 2.22 bits per heavy atom. The molecule has 1 saturated carbocycles. The van der Waals surface area contributed by atoms with Gasteiger partial charge >= 0.3 is 5.97 Å². The number of aliphatic carboxylic acids is 1. The minimum Gasteiger partial charge on any atom is -0.481 e. The van der Waals surface area contributed by atoms with Crippen LogP contribution in [0.15, 0.2) is 10.6 Å². The number of rotatable bonds is 4. The van der Waals surface area contributed by atoms with Gasteiger partial charge in [-0.1, -0.05) is 11.6 Å². The molecular formula is C12H16N2O4. The standard InChI is InChI=1S/C12H16N2O4/c1-7-5-8(18-14-7)6-13-11(15)9-3-2-4-10(9)12(16)17/h5,9-10H,2-4,6H2,1H3,(H,13,15)(H,16,17). The molecule has 0 radical (unpaired) electrons. The second-order valence-corrected chi connectivity index (χ2v) is 4.63. The van der Waals surface area contributed by atoms with Gasteiger partial charge in [0.15, 0.2) is 5.76 Å². The number of hydrogen-bond acceptors (Lipinski definition) is 4. The lowest BCUT2D eigenvalue weighted by molar-refractivity contribution is -0.146. The van der Waals surface area contributed by atoms with Crippen molar-refractivity contribution in [2.75, 3.05) is 0 Å². The molecule has 98 valence electrons. The maximum Gasteiger partial charge on any atom is 0.307 e. The molecule has 18 heavy (non-hydrogen) atoms. The Hall–Kier alpha value is -1.85. The molecule has 0 aromatic carbocycles. The predicted octanol–water partition coefficient (Wildman–Crippen LogP) is 1.10. The molecular weight excluding hydrogens is 236 g/mol. The third kappa shape index (κ3) is 2.69. The van der Waals surface area contributed by atoms with Gasteiger partial charge in [0.1, 0.15) is 0 Å². The summed E-state index contributed by atoms with van der Waals surface area (Å²) in [5.41, 5.74) is 0.753. The molecule has 2 unspecified atom stereocenters. The molecule has 1 aliphatic rings. The van der Waals surface area contributed by atoms with E-state index in [-0.39, 0.29) is 12.5 Å². The van der Waals surface area contributed by atoms with Crippen LogP contribution in [-0.2, 0) is 16.1 Å². The van der Waals surface area contributed by atoms with Crippen molar-refractivity contribution in [1.29, 1.82) is 0 Å². The highest BCUT2D eigenvalue weighted by atomic mass is 16.5. The van der Waals surface area contributed by atoms with E-state index in [2.05, 4.69) is 10.5 Å². The lowest BCUT2D eigenvalue weighted by atomic mass is 9.95. The first-order valence-corrected chi connectivity index (χ1v) is 6.00. The quantitative estimate of drug-likeness (QED) is 0.837. The average molecular weight is 252 g/mol. The van der Waals surface area contributed by atoms with Crippen molar-refractivity contribution in [3.05, 3.63) is 17.5 Å². The first kappa shape index (κ1) is 12.6. The van der Waals surface area contributed by atoms with Gasteiger partial charge < -0.3 is 14.9 Å². The number of carboxylic acids is 1. The van der Waals surface area contributed by atoms with Gasteiger partial charge in [0.2, 0.25) is 5.91 Å². The number of aromatic nitrogens is 1. The number of nitrogens with zero attached hydrogens (tertiary/aromatic N) is 1. The lowest BCUT2D eigenvalue weighted by Gasteiger charge is -2.14. The molecule has 6 heteroatoms. The largest absolute Gasteiger partial charge is 0.481 e. The summed E-state index contributed by atoms with van der Waals surface area (Å²) >= 11 is 0. The zero-order valence-electron chi connectivity index (χ0n) is 10.2. The summed E-state index contributed by atoms with van der Waals surface area (Å²) in [7, 11) is 0. The van der Waals surface area contributed by atoms with E-state index in [1.54, 1.807) is 13.0 Å². The van der Waals surface area contributed by atoms with Crippen LogP contribution in [0.1, 0.15) is 30.7 Å². The zero-order chi connectivity index (χ0) is 13.1. The second kappa shape index (κ2) is 5.20. The molecule has 0 bridgehead atoms. The van der Waals surface area contributed by atoms with Crippen molar-refractivity contribution in [3.8, 4) is 0 Å². The fraction of sp³-hybridized carbons (Fsp3) is 0.583. The van der Waals surface area contributed by atoms with Gasteiger partial charge in [0, 0.05) is 6.07 Å². The number of carbonyl (C=O) groups excluding carboxylic acids is 1. The molecule has 0 saturated heterocycles. The Bertz CT molecular complexity index is 455. The van der Waals surface area contributed by atoms with Gasteiger partial charge in [-0.3, -0.25) is 9.59 Å². The first-order valence-electron chi connectivity index (χ1n) is 6.00. The fourth-order valence-electron chi connectivity index (χ4n) is 2.37. The molecule has 0 spiro atoms. The van der Waals surface area contributed by atoms with Gasteiger partial charge in [-0.15, -0.1) is 0 Å². The first-order chi connectivity index (χ1) is 8.58. The summed E-state index contributed by atoms with van der Waals surface area (Å²) in [6.07, 6.45) is 2.00. The Balaban J connectivity index is 1.89. The summed E-state index contributed by atoms with van der Waals surface area (Å²) in [5, 5.41) is 15.4. The number of nitrogens with one attached hydrogen (secondary N) is 1. The number of amides is 1. The summed E-state index contributed by atoms with van der Waals surface area (Å²) in [6, 6.07) is 1.74. The molecule has 1 aromatic heterocycles. The Morgan fingerprint density at radius 1 is 1.50 bits per heavy atom. The maximum atomic E-state index is 11.9. The minimum atomic E-state index is -0.886. The second-order valence-electron chi connectivity index (χ2n) is 4.63. The summed E-state index contributed by atoms with van der Waals surface area (Å²) in [4.78, 5) is 22.9. The summed E-state index contributed by atoms with van der Waals surface area (Å²) < 4.78 is 4.97. The molecule has 1 aliphatic carbocycles. The zero-order valence-corrected chi connectivity index (χ0v) is 10.2. The van der Waals surface area contributed by atoms with Crippen LogP contribution in [0.3, 0.4) is 0 Å². The third-order valence-corrected chi connectivity index (χ3v) is 3.28. The maximum absolute atomic E-state index is 11.9. The number of hydrogen-bond donors (Lipinski definition) is 2. The molecule has 1 heterocycles. The van der Waals surface area contributed by atoms with Crippen LogP contribution in [0, 0.1) is 18.8 Å². The molecule has 2 rings (SSSR count). The molecule has 1 aromatic rings. The van der Waals surface area contributed by atoms with E-state index in [4.69, 9.17) is 9.63 Å². The van der Waals surface area contributed by atoms with Crippen LogP contribution < -0.4 is 5.32 Å². The number of carbonyl (C=O) groups is 2. The van der Waals surface area contributed by atoms with E-state index in [1.165, 1.54) is 0 Å². The highest BCUT2D eigenvalue weighted by molar-refractivity contribution is 5.85. The van der Waals surface area contributed by atoms with Crippen LogP contribution in [0.5, 0.6) is 0 Å². The van der Waals surface area contributed by atoms with Crippen molar-refractivity contribution in [1.82, 2.24) is 10.5 Å². The van der Waals surface area contributed by atoms with E-state index < -0.39 is 17.8 Å². The van der Waals surface area contributed by atoms with Crippen molar-refractivity contribution in [2.24, 2.45) is 11.8 Å². The molecule has 1 amide bonds. The number of aryl methyl sites for hydroxylation is 1. The molecule has 2 N–H and O–H groups in total. The van der Waals surface area contributed by atoms with Crippen molar-refractivity contribution >= 4 is 11.9 Å². The van der Waals surface area contributed by atoms with Crippen molar-refractivity contribution in [3.63, 3.8) is 0 Å². The summed E-state index contributed by atoms with van der Waals surface area (Å²) in [5.74, 6) is -1.50. The monoisotopic (exact) mass is 252 g/mol. The van der Waals surface area contributed by atoms with E-state index >= 15 is 0 Å². The van der Waals surface area contributed by atoms with Gasteiger partial charge in [-0.2, -0.15) is 0 Å². The van der Waals surface area contributed by atoms with E-state index in [0.717, 1.165) is 12.1 Å². The third-order valence-electron chi connectivity index (χ3n) is 3.28. The number of carboxylic acid groups (broad SMARTS) is 1. The normalized spacial score (nSPS) is 22.9. The predicted molar refractivity (Wildman–Crippen MR) is 61.6 cm³/mol. The summed E-state index contributed by atoms with van der Waals surface area (Å²) in [6.45, 7) is 2.05. The van der Waals surface area contributed by atoms with Gasteiger partial charge in [0.05, 0.1) is 24.1 Å². The molecule has 6 nitrogen and oxygen atoms in total. The van der Waals surface area contributed by atoms with E-state index in [0.29, 0.717) is 18.6 Å². The van der Waals surface area contributed by atoms with Gasteiger partial charge in [-0.05, 0) is 19.8 Å². The van der Waals surface area contributed by atoms with Crippen molar-refractivity contribution in [2.45, 2.75) is 32.7 Å². The van der Waals surface area contributed by atoms with Crippen molar-refractivity contribution < 1.29 is 19.2 Å². The highest BCUT2D eigenvalue weighted by Crippen LogP contribution is 2.32. The Kier molecular flexibility index (Phi) is 3.64. The minimum absolute atomic E-state index is 0.214. The SMILES string of the molecule is Cc1cc(CNC(=O)C2CCCC2C(=O)O)on1. The van der Waals surface area contributed by atoms with E-state index in [1.807, 2.05) is 0 Å². The fourth-order valence-corrected chi connectivity index (χ4v) is 2.37.